The smallest absolute Gasteiger partial charge is 0.434 e. The molecule has 0 aliphatic rings. The molecule has 0 heterocycles. The number of nitro benzene ring substituents is 1. The first-order chi connectivity index (χ1) is 14.1. The first-order valence-corrected chi connectivity index (χ1v) is 11.2. The molecule has 29 heavy (non-hydrogen) atoms. The summed E-state index contributed by atoms with van der Waals surface area (Å²) in [5, 5.41) is 10.7. The molecule has 6 nitrogen and oxygen atoms in total. The molecule has 1 aromatic carbocycles. The van der Waals surface area contributed by atoms with Crippen LogP contribution >= 0.6 is 0 Å². The Morgan fingerprint density at radius 2 is 1.41 bits per heavy atom. The highest BCUT2D eigenvalue weighted by molar-refractivity contribution is 5.63. The largest absolute Gasteiger partial charge is 0.513 e. The van der Waals surface area contributed by atoms with Gasteiger partial charge in [-0.25, -0.2) is 4.79 Å². The normalized spacial score (nSPS) is 11.8. The van der Waals surface area contributed by atoms with Crippen molar-refractivity contribution in [2.45, 2.75) is 90.9 Å². The number of carbonyl (C=O) groups is 1. The van der Waals surface area contributed by atoms with Crippen LogP contribution in [-0.2, 0) is 4.74 Å². The maximum absolute atomic E-state index is 12.0. The summed E-state index contributed by atoms with van der Waals surface area (Å²) in [6.45, 7) is 4.79. The summed E-state index contributed by atoms with van der Waals surface area (Å²) in [6, 6.07) is 5.41. The predicted molar refractivity (Wildman–Crippen MR) is 115 cm³/mol. The van der Waals surface area contributed by atoms with Crippen molar-refractivity contribution in [1.29, 1.82) is 0 Å². The van der Waals surface area contributed by atoms with Gasteiger partial charge in [0, 0.05) is 12.1 Å². The molecule has 1 atom stereocenters. The number of hydrogen-bond acceptors (Lipinski definition) is 5. The fourth-order valence-corrected chi connectivity index (χ4v) is 3.33. The van der Waals surface area contributed by atoms with Crippen LogP contribution in [0.25, 0.3) is 0 Å². The van der Waals surface area contributed by atoms with Crippen LogP contribution in [0.15, 0.2) is 24.3 Å². The van der Waals surface area contributed by atoms with Gasteiger partial charge in [0.25, 0.3) is 5.69 Å². The fraction of sp³-hybridized carbons (Fsp3) is 0.696. The molecular weight excluding hydrogens is 370 g/mol. The SMILES string of the molecule is CCCCCCCCC(CCCCCC)COC(=O)Oc1ccc([N+](=O)[O-])cc1. The molecule has 0 aromatic heterocycles. The summed E-state index contributed by atoms with van der Waals surface area (Å²) in [5.74, 6) is 0.610. The number of ether oxygens (including phenoxy) is 2. The molecular formula is C23H37NO5. The lowest BCUT2D eigenvalue weighted by Gasteiger charge is -2.17. The molecule has 0 N–H and O–H groups in total. The third kappa shape index (κ3) is 12.1. The van der Waals surface area contributed by atoms with Crippen LogP contribution in [-0.4, -0.2) is 17.7 Å². The lowest BCUT2D eigenvalue weighted by Crippen LogP contribution is -2.17. The molecule has 0 aliphatic carbocycles. The molecule has 164 valence electrons. The summed E-state index contributed by atoms with van der Waals surface area (Å²) >= 11 is 0. The van der Waals surface area contributed by atoms with Crippen molar-refractivity contribution in [1.82, 2.24) is 0 Å². The second-order valence-electron chi connectivity index (χ2n) is 7.69. The van der Waals surface area contributed by atoms with Crippen LogP contribution in [0.1, 0.15) is 90.9 Å². The predicted octanol–water partition coefficient (Wildman–Crippen LogP) is 7.45. The zero-order valence-corrected chi connectivity index (χ0v) is 18.1. The molecule has 0 aliphatic heterocycles. The maximum atomic E-state index is 12.0. The molecule has 1 aromatic rings. The van der Waals surface area contributed by atoms with E-state index in [2.05, 4.69) is 13.8 Å². The summed E-state index contributed by atoms with van der Waals surface area (Å²) in [4.78, 5) is 22.2. The molecule has 0 radical (unpaired) electrons. The van der Waals surface area contributed by atoms with Gasteiger partial charge in [-0.05, 0) is 30.9 Å². The van der Waals surface area contributed by atoms with E-state index in [1.54, 1.807) is 0 Å². The van der Waals surface area contributed by atoms with Crippen molar-refractivity contribution in [3.63, 3.8) is 0 Å². The van der Waals surface area contributed by atoms with Crippen LogP contribution < -0.4 is 4.74 Å². The van der Waals surface area contributed by atoms with Gasteiger partial charge in [-0.3, -0.25) is 10.1 Å². The van der Waals surface area contributed by atoms with E-state index in [9.17, 15) is 14.9 Å². The molecule has 0 saturated carbocycles. The number of nitro groups is 1. The second-order valence-corrected chi connectivity index (χ2v) is 7.69. The van der Waals surface area contributed by atoms with Gasteiger partial charge in [0.15, 0.2) is 0 Å². The lowest BCUT2D eigenvalue weighted by molar-refractivity contribution is -0.384. The number of unbranched alkanes of at least 4 members (excludes halogenated alkanes) is 8. The van der Waals surface area contributed by atoms with Crippen molar-refractivity contribution >= 4 is 11.8 Å². The van der Waals surface area contributed by atoms with Gasteiger partial charge < -0.3 is 9.47 Å². The molecule has 1 unspecified atom stereocenters. The summed E-state index contributed by atoms with van der Waals surface area (Å²) in [7, 11) is 0. The minimum absolute atomic E-state index is 0.0446. The summed E-state index contributed by atoms with van der Waals surface area (Å²) in [6.07, 6.45) is 13.8. The van der Waals surface area contributed by atoms with Crippen molar-refractivity contribution in [2.24, 2.45) is 5.92 Å². The number of nitrogens with zero attached hydrogens (tertiary/aromatic N) is 1. The van der Waals surface area contributed by atoms with Gasteiger partial charge in [0.05, 0.1) is 11.5 Å². The van der Waals surface area contributed by atoms with E-state index >= 15 is 0 Å². The summed E-state index contributed by atoms with van der Waals surface area (Å²) in [5.41, 5.74) is -0.0446. The lowest BCUT2D eigenvalue weighted by atomic mass is 9.95. The van der Waals surface area contributed by atoms with Gasteiger partial charge in [-0.1, -0.05) is 78.1 Å². The first-order valence-electron chi connectivity index (χ1n) is 11.2. The molecule has 0 spiro atoms. The third-order valence-electron chi connectivity index (χ3n) is 5.12. The average Bonchev–Trinajstić information content (AvgIpc) is 2.71. The second kappa shape index (κ2) is 15.8. The van der Waals surface area contributed by atoms with Gasteiger partial charge >= 0.3 is 6.16 Å². The molecule has 0 amide bonds. The van der Waals surface area contributed by atoms with Crippen LogP contribution in [0.5, 0.6) is 5.75 Å². The third-order valence-corrected chi connectivity index (χ3v) is 5.12. The Kier molecular flexibility index (Phi) is 13.6. The van der Waals surface area contributed by atoms with E-state index in [4.69, 9.17) is 9.47 Å². The van der Waals surface area contributed by atoms with Gasteiger partial charge in [0.2, 0.25) is 0 Å². The molecule has 0 bridgehead atoms. The Morgan fingerprint density at radius 3 is 1.97 bits per heavy atom. The Bertz CT molecular complexity index is 573. The summed E-state index contributed by atoms with van der Waals surface area (Å²) < 4.78 is 10.5. The Balaban J connectivity index is 2.38. The van der Waals surface area contributed by atoms with Crippen molar-refractivity contribution in [3.8, 4) is 5.75 Å². The highest BCUT2D eigenvalue weighted by atomic mass is 16.7. The van der Waals surface area contributed by atoms with Gasteiger partial charge in [0.1, 0.15) is 5.75 Å². The Morgan fingerprint density at radius 1 is 0.897 bits per heavy atom. The molecule has 0 fully saturated rings. The monoisotopic (exact) mass is 407 g/mol. The minimum atomic E-state index is -0.750. The van der Waals surface area contributed by atoms with Crippen molar-refractivity contribution in [2.75, 3.05) is 6.61 Å². The molecule has 6 heteroatoms. The number of non-ortho nitro benzene ring substituents is 1. The maximum Gasteiger partial charge on any atom is 0.513 e. The minimum Gasteiger partial charge on any atom is -0.434 e. The van der Waals surface area contributed by atoms with Crippen LogP contribution in [0.3, 0.4) is 0 Å². The van der Waals surface area contributed by atoms with Gasteiger partial charge in [-0.2, -0.15) is 0 Å². The van der Waals surface area contributed by atoms with Crippen molar-refractivity contribution < 1.29 is 19.2 Å². The van der Waals surface area contributed by atoms with Crippen LogP contribution in [0.4, 0.5) is 10.5 Å². The van der Waals surface area contributed by atoms with E-state index in [0.29, 0.717) is 12.5 Å². The van der Waals surface area contributed by atoms with E-state index < -0.39 is 11.1 Å². The standard InChI is InChI=1S/C23H37NO5/c1-3-5-7-9-10-12-14-20(13-11-8-6-4-2)19-28-23(25)29-22-17-15-21(16-18-22)24(26)27/h15-18,20H,3-14,19H2,1-2H3. The van der Waals surface area contributed by atoms with Crippen LogP contribution in [0, 0.1) is 16.0 Å². The topological polar surface area (TPSA) is 78.7 Å². The quantitative estimate of drug-likeness (QED) is 0.0934. The highest BCUT2D eigenvalue weighted by Crippen LogP contribution is 2.21. The first kappa shape index (κ1) is 24.9. The number of benzene rings is 1. The van der Waals surface area contributed by atoms with E-state index in [1.165, 1.54) is 82.1 Å². The zero-order chi connectivity index (χ0) is 21.3. The van der Waals surface area contributed by atoms with E-state index in [0.717, 1.165) is 19.3 Å². The highest BCUT2D eigenvalue weighted by Gasteiger charge is 2.14. The van der Waals surface area contributed by atoms with Crippen molar-refractivity contribution in [3.05, 3.63) is 34.4 Å². The van der Waals surface area contributed by atoms with Crippen LogP contribution in [0.2, 0.25) is 0 Å². The molecule has 0 saturated heterocycles. The van der Waals surface area contributed by atoms with E-state index in [1.807, 2.05) is 0 Å². The fourth-order valence-electron chi connectivity index (χ4n) is 3.33. The Labute approximate surface area is 175 Å². The average molecular weight is 408 g/mol. The zero-order valence-electron chi connectivity index (χ0n) is 18.1. The number of carbonyl (C=O) groups excluding carboxylic acids is 1. The van der Waals surface area contributed by atoms with Gasteiger partial charge in [-0.15, -0.1) is 0 Å². The number of hydrogen-bond donors (Lipinski definition) is 0. The Hall–Kier alpha value is -2.11. The number of rotatable bonds is 16. The molecule has 1 rings (SSSR count). The van der Waals surface area contributed by atoms with E-state index in [-0.39, 0.29) is 11.4 Å².